The molecule has 0 unspecified atom stereocenters. The molecule has 0 aliphatic rings. The van der Waals surface area contributed by atoms with Gasteiger partial charge in [-0.2, -0.15) is 0 Å². The van der Waals surface area contributed by atoms with Crippen LogP contribution in [0.15, 0.2) is 0 Å². The average molecular weight is 183 g/mol. The second-order valence-electron chi connectivity index (χ2n) is 4.55. The number of aromatic hydroxyl groups is 1. The first-order valence-electron chi connectivity index (χ1n) is 4.48. The molecule has 0 saturated heterocycles. The van der Waals surface area contributed by atoms with E-state index >= 15 is 0 Å². The summed E-state index contributed by atoms with van der Waals surface area (Å²) in [5, 5.41) is 17.6. The summed E-state index contributed by atoms with van der Waals surface area (Å²) >= 11 is 0. The fourth-order valence-corrected chi connectivity index (χ4v) is 1.12. The Morgan fingerprint density at radius 1 is 1.31 bits per heavy atom. The van der Waals surface area contributed by atoms with Crippen LogP contribution in [0.1, 0.15) is 46.4 Å². The van der Waals surface area contributed by atoms with Gasteiger partial charge in [0.1, 0.15) is 5.69 Å². The Hall–Kier alpha value is -1.06. The molecule has 0 spiro atoms. The largest absolute Gasteiger partial charge is 0.492 e. The van der Waals surface area contributed by atoms with Gasteiger partial charge < -0.3 is 5.11 Å². The summed E-state index contributed by atoms with van der Waals surface area (Å²) in [5.74, 6) is 0.183. The van der Waals surface area contributed by atoms with Gasteiger partial charge in [-0.25, -0.2) is 4.68 Å². The minimum absolute atomic E-state index is 0.142. The molecule has 74 valence electrons. The van der Waals surface area contributed by atoms with Gasteiger partial charge in [-0.15, -0.1) is 5.10 Å². The highest BCUT2D eigenvalue weighted by atomic mass is 16.3. The van der Waals surface area contributed by atoms with E-state index < -0.39 is 0 Å². The quantitative estimate of drug-likeness (QED) is 0.723. The summed E-state index contributed by atoms with van der Waals surface area (Å²) in [6, 6.07) is 0.142. The lowest BCUT2D eigenvalue weighted by Gasteiger charge is -2.15. The van der Waals surface area contributed by atoms with E-state index in [4.69, 9.17) is 0 Å². The van der Waals surface area contributed by atoms with Crippen molar-refractivity contribution in [3.8, 4) is 5.88 Å². The van der Waals surface area contributed by atoms with Gasteiger partial charge in [-0.3, -0.25) is 0 Å². The van der Waals surface area contributed by atoms with Crippen LogP contribution >= 0.6 is 0 Å². The third-order valence-electron chi connectivity index (χ3n) is 1.87. The van der Waals surface area contributed by atoms with E-state index in [0.717, 1.165) is 0 Å². The van der Waals surface area contributed by atoms with Crippen LogP contribution in [0.3, 0.4) is 0 Å². The van der Waals surface area contributed by atoms with Crippen molar-refractivity contribution in [2.75, 3.05) is 0 Å². The summed E-state index contributed by atoms with van der Waals surface area (Å²) in [7, 11) is 0. The summed E-state index contributed by atoms with van der Waals surface area (Å²) in [6.45, 7) is 9.92. The van der Waals surface area contributed by atoms with Gasteiger partial charge in [0.2, 0.25) is 5.88 Å². The van der Waals surface area contributed by atoms with E-state index in [2.05, 4.69) is 10.3 Å². The second kappa shape index (κ2) is 3.01. The molecule has 1 aromatic rings. The SMILES string of the molecule is CC(C)n1nnc(C(C)(C)C)c1O. The Kier molecular flexibility index (Phi) is 2.32. The van der Waals surface area contributed by atoms with Crippen molar-refractivity contribution in [1.82, 2.24) is 15.0 Å². The smallest absolute Gasteiger partial charge is 0.234 e. The maximum Gasteiger partial charge on any atom is 0.234 e. The molecule has 1 heterocycles. The molecule has 0 fully saturated rings. The van der Waals surface area contributed by atoms with Gasteiger partial charge in [-0.05, 0) is 13.8 Å². The zero-order valence-electron chi connectivity index (χ0n) is 8.87. The van der Waals surface area contributed by atoms with Crippen LogP contribution in [0.2, 0.25) is 0 Å². The molecule has 0 aliphatic heterocycles. The average Bonchev–Trinajstić information content (AvgIpc) is 2.28. The topological polar surface area (TPSA) is 50.9 Å². The van der Waals surface area contributed by atoms with Gasteiger partial charge in [0.05, 0.1) is 6.04 Å². The van der Waals surface area contributed by atoms with Crippen molar-refractivity contribution in [3.05, 3.63) is 5.69 Å². The molecule has 4 nitrogen and oxygen atoms in total. The van der Waals surface area contributed by atoms with Crippen LogP contribution in [-0.4, -0.2) is 20.1 Å². The van der Waals surface area contributed by atoms with Crippen molar-refractivity contribution in [2.45, 2.75) is 46.1 Å². The molecule has 0 bridgehead atoms. The lowest BCUT2D eigenvalue weighted by Crippen LogP contribution is -2.12. The highest BCUT2D eigenvalue weighted by Gasteiger charge is 2.24. The normalized spacial score (nSPS) is 12.5. The Balaban J connectivity index is 3.14. The van der Waals surface area contributed by atoms with Gasteiger partial charge in [0.15, 0.2) is 0 Å². The maximum atomic E-state index is 9.77. The molecule has 0 aliphatic carbocycles. The summed E-state index contributed by atoms with van der Waals surface area (Å²) in [4.78, 5) is 0. The molecule has 0 atom stereocenters. The van der Waals surface area contributed by atoms with Crippen LogP contribution in [0.25, 0.3) is 0 Å². The summed E-state index contributed by atoms with van der Waals surface area (Å²) in [6.07, 6.45) is 0. The predicted octanol–water partition coefficient (Wildman–Crippen LogP) is 1.86. The minimum atomic E-state index is -0.156. The van der Waals surface area contributed by atoms with Gasteiger partial charge in [0.25, 0.3) is 0 Å². The first kappa shape index (κ1) is 10.0. The molecule has 0 radical (unpaired) electrons. The number of hydrogen-bond acceptors (Lipinski definition) is 3. The molecule has 1 aromatic heterocycles. The second-order valence-corrected chi connectivity index (χ2v) is 4.55. The standard InChI is InChI=1S/C9H17N3O/c1-6(2)12-8(13)7(10-11-12)9(3,4)5/h6,13H,1-5H3. The molecule has 1 rings (SSSR count). The third-order valence-corrected chi connectivity index (χ3v) is 1.87. The first-order chi connectivity index (χ1) is 5.84. The predicted molar refractivity (Wildman–Crippen MR) is 50.8 cm³/mol. The Morgan fingerprint density at radius 3 is 2.08 bits per heavy atom. The zero-order chi connectivity index (χ0) is 10.2. The lowest BCUT2D eigenvalue weighted by atomic mass is 9.92. The molecule has 1 N–H and O–H groups in total. The number of aromatic nitrogens is 3. The van der Waals surface area contributed by atoms with E-state index in [9.17, 15) is 5.11 Å². The van der Waals surface area contributed by atoms with Crippen molar-refractivity contribution in [1.29, 1.82) is 0 Å². The minimum Gasteiger partial charge on any atom is -0.492 e. The van der Waals surface area contributed by atoms with Crippen molar-refractivity contribution in [2.24, 2.45) is 0 Å². The van der Waals surface area contributed by atoms with E-state index in [0.29, 0.717) is 5.69 Å². The Bertz CT molecular complexity index is 296. The van der Waals surface area contributed by atoms with Gasteiger partial charge in [0, 0.05) is 5.41 Å². The third kappa shape index (κ3) is 1.82. The van der Waals surface area contributed by atoms with E-state index in [1.165, 1.54) is 4.68 Å². The highest BCUT2D eigenvalue weighted by Crippen LogP contribution is 2.29. The number of hydrogen-bond donors (Lipinski definition) is 1. The Morgan fingerprint density at radius 2 is 1.85 bits per heavy atom. The van der Waals surface area contributed by atoms with Crippen LogP contribution in [-0.2, 0) is 5.41 Å². The van der Waals surface area contributed by atoms with Crippen molar-refractivity contribution in [3.63, 3.8) is 0 Å². The van der Waals surface area contributed by atoms with Gasteiger partial charge in [-0.1, -0.05) is 26.0 Å². The fraction of sp³-hybridized carbons (Fsp3) is 0.778. The molecule has 0 saturated carbocycles. The van der Waals surface area contributed by atoms with Crippen LogP contribution in [0.4, 0.5) is 0 Å². The van der Waals surface area contributed by atoms with Crippen LogP contribution in [0.5, 0.6) is 5.88 Å². The summed E-state index contributed by atoms with van der Waals surface area (Å²) in [5.41, 5.74) is 0.498. The van der Waals surface area contributed by atoms with Crippen molar-refractivity contribution < 1.29 is 5.11 Å². The number of rotatable bonds is 1. The zero-order valence-corrected chi connectivity index (χ0v) is 8.87. The molecule has 13 heavy (non-hydrogen) atoms. The van der Waals surface area contributed by atoms with Crippen LogP contribution in [0, 0.1) is 0 Å². The van der Waals surface area contributed by atoms with E-state index in [-0.39, 0.29) is 17.3 Å². The Labute approximate surface area is 78.6 Å². The van der Waals surface area contributed by atoms with Crippen LogP contribution < -0.4 is 0 Å². The maximum absolute atomic E-state index is 9.77. The number of nitrogens with zero attached hydrogens (tertiary/aromatic N) is 3. The highest BCUT2D eigenvalue weighted by molar-refractivity contribution is 5.23. The monoisotopic (exact) mass is 183 g/mol. The molecule has 0 aromatic carbocycles. The fourth-order valence-electron chi connectivity index (χ4n) is 1.12. The molecule has 0 amide bonds. The lowest BCUT2D eigenvalue weighted by molar-refractivity contribution is 0.365. The van der Waals surface area contributed by atoms with E-state index in [1.807, 2.05) is 34.6 Å². The molecule has 4 heteroatoms. The summed E-state index contributed by atoms with van der Waals surface area (Å²) < 4.78 is 1.53. The van der Waals surface area contributed by atoms with Gasteiger partial charge >= 0.3 is 0 Å². The molecular formula is C9H17N3O. The first-order valence-corrected chi connectivity index (χ1v) is 4.48. The molecular weight excluding hydrogens is 166 g/mol. The van der Waals surface area contributed by atoms with Crippen molar-refractivity contribution >= 4 is 0 Å². The van der Waals surface area contributed by atoms with E-state index in [1.54, 1.807) is 0 Å².